The van der Waals surface area contributed by atoms with E-state index < -0.39 is 0 Å². The molecule has 0 fully saturated rings. The Labute approximate surface area is 114 Å². The molecule has 0 radical (unpaired) electrons. The summed E-state index contributed by atoms with van der Waals surface area (Å²) in [6, 6.07) is 3.53. The van der Waals surface area contributed by atoms with E-state index in [1.54, 1.807) is 35.5 Å². The van der Waals surface area contributed by atoms with Gasteiger partial charge in [-0.25, -0.2) is 9.67 Å². The lowest BCUT2D eigenvalue weighted by molar-refractivity contribution is 0.289. The molecule has 0 spiro atoms. The van der Waals surface area contributed by atoms with Crippen LogP contribution >= 0.6 is 11.6 Å². The Morgan fingerprint density at radius 2 is 2.21 bits per heavy atom. The number of pyridine rings is 2. The van der Waals surface area contributed by atoms with E-state index in [0.717, 1.165) is 0 Å². The van der Waals surface area contributed by atoms with E-state index in [0.29, 0.717) is 35.0 Å². The fourth-order valence-electron chi connectivity index (χ4n) is 1.67. The molecule has 96 valence electrons. The minimum absolute atomic E-state index is 0.483. The number of aromatic nitrogens is 5. The van der Waals surface area contributed by atoms with Gasteiger partial charge >= 0.3 is 0 Å². The molecule has 0 atom stereocenters. The van der Waals surface area contributed by atoms with Crippen LogP contribution in [0.4, 0.5) is 0 Å². The Kier molecular flexibility index (Phi) is 3.24. The van der Waals surface area contributed by atoms with Gasteiger partial charge in [-0.15, -0.1) is 5.10 Å². The minimum Gasteiger partial charge on any atom is -0.490 e. The number of hydrogen-bond donors (Lipinski definition) is 0. The van der Waals surface area contributed by atoms with Crippen LogP contribution in [0.25, 0.3) is 11.0 Å². The second-order valence-electron chi connectivity index (χ2n) is 3.85. The molecule has 0 bridgehead atoms. The van der Waals surface area contributed by atoms with Gasteiger partial charge in [0.15, 0.2) is 0 Å². The van der Waals surface area contributed by atoms with Gasteiger partial charge in [-0.2, -0.15) is 0 Å². The molecule has 0 saturated carbocycles. The summed E-state index contributed by atoms with van der Waals surface area (Å²) >= 11 is 6.02. The lowest BCUT2D eigenvalue weighted by Crippen LogP contribution is -2.08. The topological polar surface area (TPSA) is 65.7 Å². The van der Waals surface area contributed by atoms with Crippen molar-refractivity contribution >= 4 is 22.6 Å². The summed E-state index contributed by atoms with van der Waals surface area (Å²) in [7, 11) is 0. The average Bonchev–Trinajstić information content (AvgIpc) is 2.92. The summed E-state index contributed by atoms with van der Waals surface area (Å²) in [5.41, 5.74) is 1.39. The molecule has 0 unspecified atom stereocenters. The normalized spacial score (nSPS) is 10.8. The van der Waals surface area contributed by atoms with Crippen molar-refractivity contribution in [2.75, 3.05) is 6.61 Å². The highest BCUT2D eigenvalue weighted by molar-refractivity contribution is 6.34. The monoisotopic (exact) mass is 275 g/mol. The summed E-state index contributed by atoms with van der Waals surface area (Å²) in [6.45, 7) is 1.11. The average molecular weight is 276 g/mol. The van der Waals surface area contributed by atoms with E-state index in [1.807, 2.05) is 6.07 Å². The van der Waals surface area contributed by atoms with Gasteiger partial charge in [-0.05, 0) is 6.07 Å². The minimum atomic E-state index is 0.483. The molecule has 0 saturated heterocycles. The molecular formula is C12H10ClN5O. The first-order valence-corrected chi connectivity index (χ1v) is 6.08. The molecule has 0 aliphatic rings. The van der Waals surface area contributed by atoms with Crippen molar-refractivity contribution in [2.24, 2.45) is 0 Å². The first-order valence-electron chi connectivity index (χ1n) is 5.70. The van der Waals surface area contributed by atoms with Crippen LogP contribution in [0.3, 0.4) is 0 Å². The van der Waals surface area contributed by atoms with Gasteiger partial charge in [0, 0.05) is 18.5 Å². The maximum Gasteiger partial charge on any atom is 0.139 e. The summed E-state index contributed by atoms with van der Waals surface area (Å²) in [4.78, 5) is 8.45. The third-order valence-electron chi connectivity index (χ3n) is 2.56. The third-order valence-corrected chi connectivity index (χ3v) is 2.87. The maximum atomic E-state index is 6.02. The summed E-state index contributed by atoms with van der Waals surface area (Å²) in [5, 5.41) is 8.15. The highest BCUT2D eigenvalue weighted by atomic mass is 35.5. The van der Waals surface area contributed by atoms with Gasteiger partial charge in [0.05, 0.1) is 29.5 Å². The van der Waals surface area contributed by atoms with E-state index in [1.165, 1.54) is 0 Å². The predicted molar refractivity (Wildman–Crippen MR) is 70.1 cm³/mol. The Bertz CT molecular complexity index is 686. The molecule has 3 aromatic rings. The molecule has 6 nitrogen and oxygen atoms in total. The first kappa shape index (κ1) is 11.9. The van der Waals surface area contributed by atoms with E-state index in [4.69, 9.17) is 16.3 Å². The van der Waals surface area contributed by atoms with E-state index in [-0.39, 0.29) is 0 Å². The zero-order chi connectivity index (χ0) is 13.1. The van der Waals surface area contributed by atoms with E-state index in [9.17, 15) is 0 Å². The number of rotatable bonds is 4. The summed E-state index contributed by atoms with van der Waals surface area (Å²) < 4.78 is 7.29. The molecule has 0 aliphatic carbocycles. The molecule has 3 rings (SSSR count). The van der Waals surface area contributed by atoms with Crippen molar-refractivity contribution in [3.63, 3.8) is 0 Å². The summed E-state index contributed by atoms with van der Waals surface area (Å²) in [5.74, 6) is 0.655. The van der Waals surface area contributed by atoms with Gasteiger partial charge in [0.2, 0.25) is 0 Å². The van der Waals surface area contributed by atoms with Crippen LogP contribution in [0.5, 0.6) is 5.75 Å². The highest BCUT2D eigenvalue weighted by Crippen LogP contribution is 2.22. The van der Waals surface area contributed by atoms with Crippen molar-refractivity contribution in [1.29, 1.82) is 0 Å². The molecular weight excluding hydrogens is 266 g/mol. The van der Waals surface area contributed by atoms with Crippen LogP contribution < -0.4 is 4.74 Å². The molecule has 0 amide bonds. The van der Waals surface area contributed by atoms with Crippen molar-refractivity contribution in [2.45, 2.75) is 6.54 Å². The second kappa shape index (κ2) is 5.19. The van der Waals surface area contributed by atoms with Gasteiger partial charge < -0.3 is 4.74 Å². The SMILES string of the molecule is Clc1ccnc2cc(OCCn3ccnn3)cnc12. The van der Waals surface area contributed by atoms with E-state index >= 15 is 0 Å². The number of nitrogens with zero attached hydrogens (tertiary/aromatic N) is 5. The second-order valence-corrected chi connectivity index (χ2v) is 4.25. The molecule has 19 heavy (non-hydrogen) atoms. The van der Waals surface area contributed by atoms with Crippen LogP contribution in [0.15, 0.2) is 36.9 Å². The highest BCUT2D eigenvalue weighted by Gasteiger charge is 2.03. The fourth-order valence-corrected chi connectivity index (χ4v) is 1.87. The molecule has 0 N–H and O–H groups in total. The number of halogens is 1. The van der Waals surface area contributed by atoms with Crippen LogP contribution in [0.1, 0.15) is 0 Å². The number of ether oxygens (including phenoxy) is 1. The van der Waals surface area contributed by atoms with Crippen molar-refractivity contribution < 1.29 is 4.74 Å². The lowest BCUT2D eigenvalue weighted by atomic mass is 10.3. The summed E-state index contributed by atoms with van der Waals surface area (Å²) in [6.07, 6.45) is 6.69. The largest absolute Gasteiger partial charge is 0.490 e. The standard InChI is InChI=1S/C12H10ClN5O/c13-10-1-2-14-11-7-9(8-15-12(10)11)19-6-5-18-4-3-16-17-18/h1-4,7-8H,5-6H2. The van der Waals surface area contributed by atoms with Crippen molar-refractivity contribution in [3.8, 4) is 5.75 Å². The lowest BCUT2D eigenvalue weighted by Gasteiger charge is -2.06. The van der Waals surface area contributed by atoms with Gasteiger partial charge in [0.1, 0.15) is 17.9 Å². The van der Waals surface area contributed by atoms with Crippen LogP contribution in [0.2, 0.25) is 5.02 Å². The fraction of sp³-hybridized carbons (Fsp3) is 0.167. The van der Waals surface area contributed by atoms with Crippen LogP contribution in [0, 0.1) is 0 Å². The molecule has 3 heterocycles. The predicted octanol–water partition coefficient (Wildman–Crippen LogP) is 1.95. The Hall–Kier alpha value is -2.21. The maximum absolute atomic E-state index is 6.02. The van der Waals surface area contributed by atoms with Crippen molar-refractivity contribution in [1.82, 2.24) is 25.0 Å². The zero-order valence-electron chi connectivity index (χ0n) is 9.90. The third kappa shape index (κ3) is 2.63. The van der Waals surface area contributed by atoms with Crippen LogP contribution in [-0.2, 0) is 6.54 Å². The quantitative estimate of drug-likeness (QED) is 0.728. The first-order chi connectivity index (χ1) is 9.33. The molecule has 7 heteroatoms. The van der Waals surface area contributed by atoms with Gasteiger partial charge in [-0.3, -0.25) is 4.98 Å². The van der Waals surface area contributed by atoms with Crippen LogP contribution in [-0.4, -0.2) is 31.6 Å². The van der Waals surface area contributed by atoms with E-state index in [2.05, 4.69) is 20.3 Å². The Morgan fingerprint density at radius 3 is 3.05 bits per heavy atom. The van der Waals surface area contributed by atoms with Gasteiger partial charge in [0.25, 0.3) is 0 Å². The number of hydrogen-bond acceptors (Lipinski definition) is 5. The molecule has 0 aliphatic heterocycles. The number of fused-ring (bicyclic) bond motifs is 1. The molecule has 3 aromatic heterocycles. The Balaban J connectivity index is 1.71. The smallest absolute Gasteiger partial charge is 0.139 e. The van der Waals surface area contributed by atoms with Gasteiger partial charge in [-0.1, -0.05) is 16.8 Å². The molecule has 0 aromatic carbocycles. The van der Waals surface area contributed by atoms with Crippen molar-refractivity contribution in [3.05, 3.63) is 41.9 Å². The Morgan fingerprint density at radius 1 is 1.26 bits per heavy atom. The zero-order valence-corrected chi connectivity index (χ0v) is 10.7.